The predicted molar refractivity (Wildman–Crippen MR) is 80.1 cm³/mol. The average Bonchev–Trinajstić information content (AvgIpc) is 2.46. The molecule has 0 amide bonds. The van der Waals surface area contributed by atoms with Crippen LogP contribution in [0.3, 0.4) is 0 Å². The number of rotatable bonds is 4. The van der Waals surface area contributed by atoms with Crippen molar-refractivity contribution in [3.05, 3.63) is 29.8 Å². The second-order valence-corrected chi connectivity index (χ2v) is 6.69. The predicted octanol–water partition coefficient (Wildman–Crippen LogP) is 3.22. The van der Waals surface area contributed by atoms with Crippen LogP contribution in [0.1, 0.15) is 24.8 Å². The van der Waals surface area contributed by atoms with E-state index in [9.17, 15) is 18.3 Å². The normalized spacial score (nSPS) is 28.6. The molecule has 0 spiro atoms. The van der Waals surface area contributed by atoms with E-state index in [1.807, 2.05) is 6.07 Å². The molecule has 23 heavy (non-hydrogen) atoms. The summed E-state index contributed by atoms with van der Waals surface area (Å²) in [6, 6.07) is 6.85. The summed E-state index contributed by atoms with van der Waals surface area (Å²) in [6.45, 7) is 1.12. The van der Waals surface area contributed by atoms with Gasteiger partial charge in [0, 0.05) is 19.6 Å². The molecule has 0 radical (unpaired) electrons. The number of nitrogens with zero attached hydrogens (tertiary/aromatic N) is 1. The summed E-state index contributed by atoms with van der Waals surface area (Å²) in [6.07, 6.45) is -1.22. The molecule has 1 saturated carbocycles. The molecule has 1 saturated heterocycles. The summed E-state index contributed by atoms with van der Waals surface area (Å²) in [4.78, 5) is 2.30. The molecule has 3 rings (SSSR count). The van der Waals surface area contributed by atoms with Gasteiger partial charge in [-0.25, -0.2) is 0 Å². The fourth-order valence-electron chi connectivity index (χ4n) is 3.79. The quantitative estimate of drug-likeness (QED) is 0.921. The lowest BCUT2D eigenvalue weighted by Gasteiger charge is -2.45. The molecule has 1 heterocycles. The summed E-state index contributed by atoms with van der Waals surface area (Å²) < 4.78 is 41.5. The van der Waals surface area contributed by atoms with Gasteiger partial charge >= 0.3 is 6.18 Å². The van der Waals surface area contributed by atoms with E-state index in [0.29, 0.717) is 18.4 Å². The number of aliphatic hydroxyl groups is 1. The zero-order valence-electron chi connectivity index (χ0n) is 12.9. The lowest BCUT2D eigenvalue weighted by atomic mass is 9.75. The highest BCUT2D eigenvalue weighted by Gasteiger charge is 2.38. The summed E-state index contributed by atoms with van der Waals surface area (Å²) in [5.74, 6) is 0.899. The molecule has 1 aliphatic carbocycles. The smallest absolute Gasteiger partial charge is 0.422 e. The fraction of sp³-hybridized carbons (Fsp3) is 0.647. The van der Waals surface area contributed by atoms with Crippen molar-refractivity contribution in [2.45, 2.75) is 38.1 Å². The van der Waals surface area contributed by atoms with Gasteiger partial charge < -0.3 is 9.84 Å². The van der Waals surface area contributed by atoms with Gasteiger partial charge in [-0.15, -0.1) is 0 Å². The van der Waals surface area contributed by atoms with Crippen LogP contribution in [0.15, 0.2) is 24.3 Å². The highest BCUT2D eigenvalue weighted by Crippen LogP contribution is 2.35. The number of alkyl halides is 3. The summed E-state index contributed by atoms with van der Waals surface area (Å²) >= 11 is 0. The van der Waals surface area contributed by atoms with Crippen LogP contribution in [0.25, 0.3) is 0 Å². The van der Waals surface area contributed by atoms with Crippen molar-refractivity contribution in [3.63, 3.8) is 0 Å². The molecule has 6 heteroatoms. The van der Waals surface area contributed by atoms with Crippen LogP contribution < -0.4 is 4.74 Å². The fourth-order valence-corrected chi connectivity index (χ4v) is 3.79. The van der Waals surface area contributed by atoms with Gasteiger partial charge in [0.25, 0.3) is 0 Å². The first-order chi connectivity index (χ1) is 10.9. The Kier molecular flexibility index (Phi) is 4.82. The van der Waals surface area contributed by atoms with Crippen molar-refractivity contribution in [1.82, 2.24) is 4.90 Å². The minimum absolute atomic E-state index is 0.193. The molecule has 1 aromatic rings. The third-order valence-electron chi connectivity index (χ3n) is 4.81. The van der Waals surface area contributed by atoms with Crippen molar-refractivity contribution in [2.75, 3.05) is 19.7 Å². The van der Waals surface area contributed by atoms with Crippen LogP contribution in [0, 0.1) is 11.8 Å². The summed E-state index contributed by atoms with van der Waals surface area (Å²) in [5.41, 5.74) is 0.944. The maximum absolute atomic E-state index is 12.2. The lowest BCUT2D eigenvalue weighted by molar-refractivity contribution is -0.153. The van der Waals surface area contributed by atoms with Crippen molar-refractivity contribution in [3.8, 4) is 5.75 Å². The SMILES string of the molecule is OC1[C@H]2CCC[C@H]1CN(Cc1cccc(OCC(F)(F)F)c1)C2. The maximum atomic E-state index is 12.2. The Labute approximate surface area is 134 Å². The number of ether oxygens (including phenoxy) is 1. The van der Waals surface area contributed by atoms with Crippen LogP contribution in [-0.2, 0) is 6.54 Å². The zero-order chi connectivity index (χ0) is 16.4. The Bertz CT molecular complexity index is 521. The third-order valence-corrected chi connectivity index (χ3v) is 4.81. The molecule has 1 aliphatic heterocycles. The van der Waals surface area contributed by atoms with Gasteiger partial charge in [-0.2, -0.15) is 13.2 Å². The minimum atomic E-state index is -4.32. The van der Waals surface area contributed by atoms with Crippen molar-refractivity contribution in [2.24, 2.45) is 11.8 Å². The topological polar surface area (TPSA) is 32.7 Å². The zero-order valence-corrected chi connectivity index (χ0v) is 12.9. The van der Waals surface area contributed by atoms with E-state index in [2.05, 4.69) is 4.90 Å². The van der Waals surface area contributed by atoms with Gasteiger partial charge in [0.05, 0.1) is 6.10 Å². The highest BCUT2D eigenvalue weighted by molar-refractivity contribution is 5.28. The lowest BCUT2D eigenvalue weighted by Crippen LogP contribution is -2.51. The number of hydrogen-bond donors (Lipinski definition) is 1. The number of fused-ring (bicyclic) bond motifs is 2. The van der Waals surface area contributed by atoms with Gasteiger partial charge in [0.2, 0.25) is 0 Å². The third kappa shape index (κ3) is 4.38. The van der Waals surface area contributed by atoms with Crippen molar-refractivity contribution in [1.29, 1.82) is 0 Å². The van der Waals surface area contributed by atoms with Crippen LogP contribution in [0.5, 0.6) is 5.75 Å². The van der Waals surface area contributed by atoms with Gasteiger partial charge in [-0.05, 0) is 42.4 Å². The molecule has 1 N–H and O–H groups in total. The van der Waals surface area contributed by atoms with E-state index in [4.69, 9.17) is 4.74 Å². The molecule has 2 aliphatic rings. The molecule has 128 valence electrons. The van der Waals surface area contributed by atoms with Crippen LogP contribution >= 0.6 is 0 Å². The molecule has 1 aromatic carbocycles. The second-order valence-electron chi connectivity index (χ2n) is 6.69. The number of aliphatic hydroxyl groups excluding tert-OH is 1. The number of benzene rings is 1. The van der Waals surface area contributed by atoms with Gasteiger partial charge in [-0.1, -0.05) is 18.6 Å². The molecule has 0 unspecified atom stereocenters. The van der Waals surface area contributed by atoms with E-state index in [0.717, 1.165) is 31.5 Å². The van der Waals surface area contributed by atoms with Crippen LogP contribution in [0.2, 0.25) is 0 Å². The van der Waals surface area contributed by atoms with E-state index in [1.165, 1.54) is 6.42 Å². The Morgan fingerprint density at radius 2 is 1.87 bits per heavy atom. The Balaban J connectivity index is 1.60. The Hall–Kier alpha value is -1.27. The number of halogens is 3. The van der Waals surface area contributed by atoms with E-state index in [1.54, 1.807) is 18.2 Å². The molecular formula is C17H22F3NO2. The van der Waals surface area contributed by atoms with Gasteiger partial charge in [0.15, 0.2) is 6.61 Å². The van der Waals surface area contributed by atoms with E-state index < -0.39 is 12.8 Å². The summed E-state index contributed by atoms with van der Waals surface area (Å²) in [7, 11) is 0. The molecule has 2 bridgehead atoms. The van der Waals surface area contributed by atoms with Crippen LogP contribution in [0.4, 0.5) is 13.2 Å². The van der Waals surface area contributed by atoms with Crippen LogP contribution in [-0.4, -0.2) is 42.0 Å². The Morgan fingerprint density at radius 1 is 1.17 bits per heavy atom. The van der Waals surface area contributed by atoms with Crippen molar-refractivity contribution >= 4 is 0 Å². The summed E-state index contributed by atoms with van der Waals surface area (Å²) in [5, 5.41) is 10.2. The highest BCUT2D eigenvalue weighted by atomic mass is 19.4. The van der Waals surface area contributed by atoms with Gasteiger partial charge in [-0.3, -0.25) is 4.90 Å². The number of piperidine rings is 1. The number of hydrogen-bond acceptors (Lipinski definition) is 3. The molecule has 0 aromatic heterocycles. The van der Waals surface area contributed by atoms with E-state index in [-0.39, 0.29) is 11.9 Å². The number of likely N-dealkylation sites (tertiary alicyclic amines) is 1. The monoisotopic (exact) mass is 329 g/mol. The van der Waals surface area contributed by atoms with E-state index >= 15 is 0 Å². The first-order valence-electron chi connectivity index (χ1n) is 8.09. The molecule has 2 fully saturated rings. The molecular weight excluding hydrogens is 307 g/mol. The first-order valence-corrected chi connectivity index (χ1v) is 8.09. The largest absolute Gasteiger partial charge is 0.484 e. The molecule has 2 atom stereocenters. The van der Waals surface area contributed by atoms with Gasteiger partial charge in [0.1, 0.15) is 5.75 Å². The minimum Gasteiger partial charge on any atom is -0.484 e. The Morgan fingerprint density at radius 3 is 2.52 bits per heavy atom. The second kappa shape index (κ2) is 6.69. The first kappa shape index (κ1) is 16.6. The standard InChI is InChI=1S/C17H22F3NO2/c18-17(19,20)11-23-15-6-1-3-12(7-15)8-21-9-13-4-2-5-14(10-21)16(13)22/h1,3,6-7,13-14,16,22H,2,4-5,8-11H2/t13-,14-/m0/s1. The average molecular weight is 329 g/mol. The van der Waals surface area contributed by atoms with Crippen molar-refractivity contribution < 1.29 is 23.0 Å². The maximum Gasteiger partial charge on any atom is 0.422 e. The molecule has 3 nitrogen and oxygen atoms in total.